The Bertz CT molecular complexity index is 134. The van der Waals surface area contributed by atoms with Crippen LogP contribution < -0.4 is 0 Å². The summed E-state index contributed by atoms with van der Waals surface area (Å²) in [7, 11) is 0. The maximum atomic E-state index is 9.85. The van der Waals surface area contributed by atoms with Crippen LogP contribution in [-0.2, 0) is 4.74 Å². The molecule has 0 aliphatic rings. The Hall–Kier alpha value is -0.0800. The lowest BCUT2D eigenvalue weighted by Gasteiger charge is -2.37. The van der Waals surface area contributed by atoms with Crippen molar-refractivity contribution in [2.75, 3.05) is 6.61 Å². The smallest absolute Gasteiger partial charge is 0.0934 e. The standard InChI is InChI=1S/C11H24O2/c1-6-8-13-11(5,9(3)4)10(12)7-2/h9-10,12H,6-8H2,1-5H3. The molecular weight excluding hydrogens is 164 g/mol. The highest BCUT2D eigenvalue weighted by Gasteiger charge is 2.35. The number of ether oxygens (including phenoxy) is 1. The minimum Gasteiger partial charge on any atom is -0.390 e. The van der Waals surface area contributed by atoms with E-state index in [-0.39, 0.29) is 11.7 Å². The van der Waals surface area contributed by atoms with Crippen molar-refractivity contribution in [2.45, 2.75) is 59.2 Å². The summed E-state index contributed by atoms with van der Waals surface area (Å²) < 4.78 is 5.74. The molecule has 0 aromatic heterocycles. The topological polar surface area (TPSA) is 29.5 Å². The lowest BCUT2D eigenvalue weighted by atomic mass is 9.85. The first-order valence-electron chi connectivity index (χ1n) is 5.31. The number of hydrogen-bond donors (Lipinski definition) is 1. The molecule has 0 bridgehead atoms. The molecule has 0 fully saturated rings. The van der Waals surface area contributed by atoms with Gasteiger partial charge in [-0.05, 0) is 25.7 Å². The highest BCUT2D eigenvalue weighted by atomic mass is 16.5. The van der Waals surface area contributed by atoms with Gasteiger partial charge in [-0.2, -0.15) is 0 Å². The summed E-state index contributed by atoms with van der Waals surface area (Å²) in [5, 5.41) is 9.85. The van der Waals surface area contributed by atoms with E-state index in [0.29, 0.717) is 5.92 Å². The predicted molar refractivity (Wildman–Crippen MR) is 55.8 cm³/mol. The molecule has 1 N–H and O–H groups in total. The van der Waals surface area contributed by atoms with E-state index in [2.05, 4.69) is 20.8 Å². The molecule has 0 rings (SSSR count). The van der Waals surface area contributed by atoms with Crippen molar-refractivity contribution in [2.24, 2.45) is 5.92 Å². The molecule has 0 aliphatic carbocycles. The maximum absolute atomic E-state index is 9.85. The van der Waals surface area contributed by atoms with E-state index in [9.17, 15) is 5.11 Å². The second-order valence-electron chi connectivity index (χ2n) is 4.11. The van der Waals surface area contributed by atoms with Crippen molar-refractivity contribution in [3.05, 3.63) is 0 Å². The minimum atomic E-state index is -0.384. The number of aliphatic hydroxyl groups is 1. The zero-order valence-electron chi connectivity index (χ0n) is 9.63. The Kier molecular flexibility index (Phi) is 5.57. The molecule has 0 spiro atoms. The van der Waals surface area contributed by atoms with E-state index in [1.807, 2.05) is 13.8 Å². The van der Waals surface area contributed by atoms with Crippen molar-refractivity contribution in [3.63, 3.8) is 0 Å². The van der Waals surface area contributed by atoms with Crippen LogP contribution in [0.2, 0.25) is 0 Å². The summed E-state index contributed by atoms with van der Waals surface area (Å²) in [4.78, 5) is 0. The first-order chi connectivity index (χ1) is 5.99. The Labute approximate surface area is 82.3 Å². The Morgan fingerprint density at radius 3 is 2.15 bits per heavy atom. The van der Waals surface area contributed by atoms with Gasteiger partial charge in [0.25, 0.3) is 0 Å². The van der Waals surface area contributed by atoms with Crippen LogP contribution in [0.4, 0.5) is 0 Å². The van der Waals surface area contributed by atoms with Crippen LogP contribution in [0.15, 0.2) is 0 Å². The number of aliphatic hydroxyl groups excluding tert-OH is 1. The van der Waals surface area contributed by atoms with Gasteiger partial charge in [-0.25, -0.2) is 0 Å². The van der Waals surface area contributed by atoms with E-state index in [4.69, 9.17) is 4.74 Å². The van der Waals surface area contributed by atoms with Crippen LogP contribution in [-0.4, -0.2) is 23.4 Å². The van der Waals surface area contributed by atoms with Crippen LogP contribution in [0, 0.1) is 5.92 Å². The van der Waals surface area contributed by atoms with Gasteiger partial charge in [-0.1, -0.05) is 27.7 Å². The third-order valence-electron chi connectivity index (χ3n) is 2.81. The molecule has 0 radical (unpaired) electrons. The van der Waals surface area contributed by atoms with Crippen molar-refractivity contribution in [1.82, 2.24) is 0 Å². The predicted octanol–water partition coefficient (Wildman–Crippen LogP) is 2.60. The van der Waals surface area contributed by atoms with Crippen molar-refractivity contribution in [1.29, 1.82) is 0 Å². The maximum Gasteiger partial charge on any atom is 0.0934 e. The van der Waals surface area contributed by atoms with Crippen LogP contribution in [0.3, 0.4) is 0 Å². The zero-order chi connectivity index (χ0) is 10.5. The van der Waals surface area contributed by atoms with Gasteiger partial charge in [-0.15, -0.1) is 0 Å². The molecule has 80 valence electrons. The summed E-state index contributed by atoms with van der Waals surface area (Å²) in [6, 6.07) is 0. The second kappa shape index (κ2) is 5.61. The van der Waals surface area contributed by atoms with Crippen LogP contribution in [0.5, 0.6) is 0 Å². The van der Waals surface area contributed by atoms with Crippen molar-refractivity contribution < 1.29 is 9.84 Å². The fourth-order valence-electron chi connectivity index (χ4n) is 1.37. The molecule has 2 unspecified atom stereocenters. The average molecular weight is 188 g/mol. The summed E-state index contributed by atoms with van der Waals surface area (Å²) in [6.07, 6.45) is 1.39. The van der Waals surface area contributed by atoms with Gasteiger partial charge in [0.05, 0.1) is 11.7 Å². The van der Waals surface area contributed by atoms with Crippen molar-refractivity contribution in [3.8, 4) is 0 Å². The number of rotatable bonds is 6. The molecule has 0 heterocycles. The molecular formula is C11H24O2. The fourth-order valence-corrected chi connectivity index (χ4v) is 1.37. The molecule has 2 heteroatoms. The lowest BCUT2D eigenvalue weighted by Crippen LogP contribution is -2.46. The first-order valence-corrected chi connectivity index (χ1v) is 5.31. The molecule has 13 heavy (non-hydrogen) atoms. The van der Waals surface area contributed by atoms with E-state index in [0.717, 1.165) is 19.4 Å². The molecule has 0 aliphatic heterocycles. The third-order valence-corrected chi connectivity index (χ3v) is 2.81. The molecule has 0 saturated carbocycles. The summed E-state index contributed by atoms with van der Waals surface area (Å²) >= 11 is 0. The zero-order valence-corrected chi connectivity index (χ0v) is 9.63. The van der Waals surface area contributed by atoms with Crippen LogP contribution >= 0.6 is 0 Å². The highest BCUT2D eigenvalue weighted by Crippen LogP contribution is 2.27. The van der Waals surface area contributed by atoms with Gasteiger partial charge in [0.2, 0.25) is 0 Å². The Balaban J connectivity index is 4.33. The first kappa shape index (κ1) is 12.9. The Morgan fingerprint density at radius 1 is 1.31 bits per heavy atom. The van der Waals surface area contributed by atoms with Gasteiger partial charge in [0.1, 0.15) is 0 Å². The van der Waals surface area contributed by atoms with Gasteiger partial charge >= 0.3 is 0 Å². The van der Waals surface area contributed by atoms with Gasteiger partial charge in [0.15, 0.2) is 0 Å². The van der Waals surface area contributed by atoms with Gasteiger partial charge in [0, 0.05) is 6.61 Å². The lowest BCUT2D eigenvalue weighted by molar-refractivity contribution is -0.139. The van der Waals surface area contributed by atoms with E-state index in [1.165, 1.54) is 0 Å². The quantitative estimate of drug-likeness (QED) is 0.694. The summed E-state index contributed by atoms with van der Waals surface area (Å²) in [5.74, 6) is 0.342. The fraction of sp³-hybridized carbons (Fsp3) is 1.00. The average Bonchev–Trinajstić information content (AvgIpc) is 2.12. The van der Waals surface area contributed by atoms with E-state index < -0.39 is 0 Å². The molecule has 0 aromatic carbocycles. The van der Waals surface area contributed by atoms with Crippen molar-refractivity contribution >= 4 is 0 Å². The Morgan fingerprint density at radius 2 is 1.85 bits per heavy atom. The van der Waals surface area contributed by atoms with Crippen LogP contribution in [0.1, 0.15) is 47.5 Å². The molecule has 2 atom stereocenters. The monoisotopic (exact) mass is 188 g/mol. The van der Waals surface area contributed by atoms with E-state index >= 15 is 0 Å². The molecule has 0 amide bonds. The van der Waals surface area contributed by atoms with Crippen LogP contribution in [0.25, 0.3) is 0 Å². The molecule has 2 nitrogen and oxygen atoms in total. The third kappa shape index (κ3) is 3.28. The second-order valence-corrected chi connectivity index (χ2v) is 4.11. The number of hydrogen-bond acceptors (Lipinski definition) is 2. The van der Waals surface area contributed by atoms with E-state index in [1.54, 1.807) is 0 Å². The SMILES string of the molecule is CCCOC(C)(C(C)C)C(O)CC. The summed E-state index contributed by atoms with van der Waals surface area (Å²) in [5.41, 5.74) is -0.384. The molecule has 0 aromatic rings. The highest BCUT2D eigenvalue weighted by molar-refractivity contribution is 4.86. The molecule has 0 saturated heterocycles. The summed E-state index contributed by atoms with van der Waals surface area (Å²) in [6.45, 7) is 11.0. The van der Waals surface area contributed by atoms with Gasteiger partial charge < -0.3 is 9.84 Å². The van der Waals surface area contributed by atoms with Gasteiger partial charge in [-0.3, -0.25) is 0 Å². The normalized spacial score (nSPS) is 18.7. The minimum absolute atomic E-state index is 0.342. The largest absolute Gasteiger partial charge is 0.390 e.